The van der Waals surface area contributed by atoms with Crippen molar-refractivity contribution in [2.24, 2.45) is 10.2 Å². The fourth-order valence-corrected chi connectivity index (χ4v) is 0.0943. The number of rotatable bonds is 2. The molecule has 16 heavy (non-hydrogen) atoms. The van der Waals surface area contributed by atoms with Gasteiger partial charge < -0.3 is 14.9 Å². The third-order valence-electron chi connectivity index (χ3n) is 0.230. The van der Waals surface area contributed by atoms with E-state index in [1.807, 2.05) is 27.7 Å². The van der Waals surface area contributed by atoms with Crippen LogP contribution in [0, 0.1) is 14.9 Å². The third kappa shape index (κ3) is 243. The summed E-state index contributed by atoms with van der Waals surface area (Å²) in [7, 11) is 0. The summed E-state index contributed by atoms with van der Waals surface area (Å²) in [5, 5.41) is 6.72. The van der Waals surface area contributed by atoms with Crippen molar-refractivity contribution in [3.8, 4) is 0 Å². The van der Waals surface area contributed by atoms with Crippen LogP contribution in [-0.4, -0.2) is 0 Å². The van der Waals surface area contributed by atoms with Gasteiger partial charge in [0.15, 0.2) is 0 Å². The van der Waals surface area contributed by atoms with Crippen LogP contribution >= 0.6 is 0 Å². The van der Waals surface area contributed by atoms with Gasteiger partial charge >= 0.3 is 0 Å². The molecule has 0 spiro atoms. The van der Waals surface area contributed by atoms with E-state index >= 15 is 0 Å². The summed E-state index contributed by atoms with van der Waals surface area (Å²) in [4.78, 5) is 0. The number of hydrogen-bond acceptors (Lipinski definition) is 2. The van der Waals surface area contributed by atoms with Gasteiger partial charge in [0.25, 0.3) is 0 Å². The zero-order valence-electron chi connectivity index (χ0n) is 10.0. The van der Waals surface area contributed by atoms with Crippen LogP contribution in [-0.2, 0) is 32.7 Å². The van der Waals surface area contributed by atoms with E-state index in [-0.39, 0.29) is 69.8 Å². The van der Waals surface area contributed by atoms with Gasteiger partial charge in [0.05, 0.1) is 0 Å². The van der Waals surface area contributed by atoms with Crippen molar-refractivity contribution in [3.63, 3.8) is 0 Å². The first-order valence-corrected chi connectivity index (χ1v) is 3.53. The first kappa shape index (κ1) is 72.3. The molecule has 0 amide bonds. The second-order valence-corrected chi connectivity index (χ2v) is 0.596. The zero-order valence-corrected chi connectivity index (χ0v) is 12.9. The predicted octanol–water partition coefficient (Wildman–Crippen LogP) is 6.58. The molecule has 0 aliphatic carbocycles. The molecule has 0 heterocycles. The molecule has 0 aromatic heterocycles. The summed E-state index contributed by atoms with van der Waals surface area (Å²) in [6.45, 7) is 14.6. The monoisotopic (exact) mass is 309 g/mol. The number of hydrogen-bond donors (Lipinski definition) is 0. The fourth-order valence-electron chi connectivity index (χ4n) is 0.0943. The largest absolute Gasteiger partial charge is 0.358 e. The quantitative estimate of drug-likeness (QED) is 0.406. The maximum Gasteiger partial charge on any atom is 0.0423 e. The molecule has 0 N–H and O–H groups in total. The second kappa shape index (κ2) is 175. The van der Waals surface area contributed by atoms with E-state index < -0.39 is 0 Å². The molecule has 0 bridgehead atoms. The van der Waals surface area contributed by atoms with E-state index in [0.717, 1.165) is 0 Å². The Hall–Kier alpha value is 0.184. The van der Waals surface area contributed by atoms with Gasteiger partial charge in [0, 0.05) is 45.1 Å². The Morgan fingerprint density at radius 3 is 0.875 bits per heavy atom. The molecule has 2 nitrogen and oxygen atoms in total. The molecule has 3 heteroatoms. The smallest absolute Gasteiger partial charge is 0.0423 e. The van der Waals surface area contributed by atoms with Gasteiger partial charge in [-0.1, -0.05) is 63.1 Å². The van der Waals surface area contributed by atoms with E-state index in [2.05, 4.69) is 23.4 Å². The average molecular weight is 309 g/mol. The van der Waals surface area contributed by atoms with Crippen LogP contribution in [0.25, 0.3) is 0 Å². The minimum absolute atomic E-state index is 0. The van der Waals surface area contributed by atoms with Gasteiger partial charge in [-0.25, -0.2) is 0 Å². The van der Waals surface area contributed by atoms with E-state index in [1.165, 1.54) is 12.4 Å². The van der Waals surface area contributed by atoms with Gasteiger partial charge in [-0.2, -0.15) is 10.2 Å². The summed E-state index contributed by atoms with van der Waals surface area (Å²) in [5.41, 5.74) is 0. The molecular weight excluding hydrogens is 273 g/mol. The SMILES string of the molecule is C.C.C.C=CN=NC=C.CC.CC.[CH3-].[CH3-].[Y]. The Labute approximate surface area is 133 Å². The normalized spacial score (nSPS) is 4.00. The Morgan fingerprint density at radius 2 is 0.812 bits per heavy atom. The minimum Gasteiger partial charge on any atom is -0.358 e. The fraction of sp³-hybridized carbons (Fsp3) is 0.538. The van der Waals surface area contributed by atoms with E-state index in [0.29, 0.717) is 0 Å². The van der Waals surface area contributed by atoms with Gasteiger partial charge in [-0.05, 0) is 0 Å². The molecule has 0 saturated carbocycles. The van der Waals surface area contributed by atoms with Crippen LogP contribution in [0.4, 0.5) is 0 Å². The molecule has 0 aliphatic heterocycles. The molecule has 0 aliphatic rings. The van der Waals surface area contributed by atoms with Crippen LogP contribution < -0.4 is 0 Å². The maximum absolute atomic E-state index is 3.36. The summed E-state index contributed by atoms with van der Waals surface area (Å²) in [5.74, 6) is 0. The number of azo groups is 1. The summed E-state index contributed by atoms with van der Waals surface area (Å²) < 4.78 is 0. The van der Waals surface area contributed by atoms with Crippen LogP contribution in [0.5, 0.6) is 0 Å². The van der Waals surface area contributed by atoms with Crippen molar-refractivity contribution >= 4 is 0 Å². The van der Waals surface area contributed by atoms with Gasteiger partial charge in [0.2, 0.25) is 0 Å². The molecule has 1 radical (unpaired) electrons. The predicted molar refractivity (Wildman–Crippen MR) is 81.0 cm³/mol. The van der Waals surface area contributed by atoms with Crippen molar-refractivity contribution in [1.82, 2.24) is 0 Å². The topological polar surface area (TPSA) is 24.7 Å². The van der Waals surface area contributed by atoms with Gasteiger partial charge in [-0.15, -0.1) is 0 Å². The van der Waals surface area contributed by atoms with Gasteiger partial charge in [0.1, 0.15) is 0 Å². The van der Waals surface area contributed by atoms with Crippen LogP contribution in [0.2, 0.25) is 0 Å². The molecule has 0 rings (SSSR count). The maximum atomic E-state index is 3.36. The van der Waals surface area contributed by atoms with Crippen LogP contribution in [0.15, 0.2) is 35.8 Å². The molecule has 0 aromatic carbocycles. The van der Waals surface area contributed by atoms with E-state index in [4.69, 9.17) is 0 Å². The molecule has 103 valence electrons. The average Bonchev–Trinajstić information content (AvgIpc) is 2.08. The summed E-state index contributed by atoms with van der Waals surface area (Å²) >= 11 is 0. The van der Waals surface area contributed by atoms with Gasteiger partial charge in [-0.3, -0.25) is 0 Å². The molecule has 0 aromatic rings. The van der Waals surface area contributed by atoms with Crippen molar-refractivity contribution < 1.29 is 32.7 Å². The minimum atomic E-state index is 0. The molecular formula is C13H36N2Y-2. The third-order valence-corrected chi connectivity index (χ3v) is 0.230. The van der Waals surface area contributed by atoms with Crippen LogP contribution in [0.1, 0.15) is 50.0 Å². The van der Waals surface area contributed by atoms with Crippen LogP contribution in [0.3, 0.4) is 0 Å². The van der Waals surface area contributed by atoms with E-state index in [9.17, 15) is 0 Å². The molecule has 0 unspecified atom stereocenters. The molecule has 0 fully saturated rings. The second-order valence-electron chi connectivity index (χ2n) is 0.596. The first-order chi connectivity index (χ1) is 4.91. The Balaban J connectivity index is -0.00000000643. The van der Waals surface area contributed by atoms with Crippen molar-refractivity contribution in [2.45, 2.75) is 50.0 Å². The Kier molecular flexibility index (Phi) is 789. The molecule has 0 saturated heterocycles. The first-order valence-electron chi connectivity index (χ1n) is 3.53. The van der Waals surface area contributed by atoms with Crippen molar-refractivity contribution in [3.05, 3.63) is 40.4 Å². The summed E-state index contributed by atoms with van der Waals surface area (Å²) in [6.07, 6.45) is 2.70. The van der Waals surface area contributed by atoms with Crippen molar-refractivity contribution in [1.29, 1.82) is 0 Å². The summed E-state index contributed by atoms with van der Waals surface area (Å²) in [6, 6.07) is 0. The van der Waals surface area contributed by atoms with E-state index in [1.54, 1.807) is 0 Å². The Morgan fingerprint density at radius 1 is 0.688 bits per heavy atom. The number of nitrogens with zero attached hydrogens (tertiary/aromatic N) is 2. The standard InChI is InChI=1S/C4H6N2.2C2H6.3CH4.2CH3.Y/c1-3-5-6-4-2;2*1-2;;;;;;/h3-4H,1-2H2;2*1-2H3;3*1H4;2*1H3;/q;;;;;;2*-1;. The Bertz CT molecular complexity index is 72.0. The zero-order chi connectivity index (χ0) is 8.83. The van der Waals surface area contributed by atoms with Crippen molar-refractivity contribution in [2.75, 3.05) is 0 Å². The molecule has 0 atom stereocenters.